The minimum absolute atomic E-state index is 0.349. The summed E-state index contributed by atoms with van der Waals surface area (Å²) in [4.78, 5) is 10.7. The van der Waals surface area contributed by atoms with Crippen LogP contribution in [0.5, 0.6) is 0 Å². The molecule has 1 aromatic rings. The largest absolute Gasteiger partial charge is 0.454 e. The highest BCUT2D eigenvalue weighted by molar-refractivity contribution is 6.00. The van der Waals surface area contributed by atoms with Crippen molar-refractivity contribution in [2.45, 2.75) is 6.18 Å². The quantitative estimate of drug-likeness (QED) is 0.554. The number of nitriles is 1. The molecule has 0 amide bonds. The number of alkyl halides is 3. The van der Waals surface area contributed by atoms with Crippen LogP contribution in [0.3, 0.4) is 0 Å². The Morgan fingerprint density at radius 1 is 1.25 bits per heavy atom. The summed E-state index contributed by atoms with van der Waals surface area (Å²) >= 11 is 0. The molecule has 2 nitrogen and oxygen atoms in total. The van der Waals surface area contributed by atoms with Gasteiger partial charge in [-0.25, -0.2) is 8.78 Å². The lowest BCUT2D eigenvalue weighted by Crippen LogP contribution is -2.24. The van der Waals surface area contributed by atoms with E-state index in [-0.39, 0.29) is 0 Å². The molecule has 0 aliphatic carbocycles. The van der Waals surface area contributed by atoms with Crippen LogP contribution < -0.4 is 0 Å². The lowest BCUT2D eigenvalue weighted by Gasteiger charge is -2.06. The van der Waals surface area contributed by atoms with Crippen LogP contribution in [0.15, 0.2) is 12.1 Å². The van der Waals surface area contributed by atoms with E-state index in [1.165, 1.54) is 0 Å². The summed E-state index contributed by atoms with van der Waals surface area (Å²) in [5.74, 6) is -5.58. The molecule has 1 aromatic carbocycles. The maximum atomic E-state index is 13.1. The minimum atomic E-state index is -5.27. The molecule has 0 saturated carbocycles. The second kappa shape index (κ2) is 3.89. The van der Waals surface area contributed by atoms with Crippen LogP contribution in [0.2, 0.25) is 0 Å². The average Bonchev–Trinajstić information content (AvgIpc) is 2.16. The predicted molar refractivity (Wildman–Crippen MR) is 41.5 cm³/mol. The number of rotatable bonds is 1. The Hall–Kier alpha value is -1.97. The lowest BCUT2D eigenvalue weighted by atomic mass is 10.1. The van der Waals surface area contributed by atoms with Gasteiger partial charge in [-0.1, -0.05) is 0 Å². The number of hydrogen-bond acceptors (Lipinski definition) is 2. The highest BCUT2D eigenvalue weighted by atomic mass is 19.4. The molecule has 0 aromatic heterocycles. The lowest BCUT2D eigenvalue weighted by molar-refractivity contribution is -0.0887. The van der Waals surface area contributed by atoms with Gasteiger partial charge in [0.05, 0.1) is 5.56 Å². The van der Waals surface area contributed by atoms with Gasteiger partial charge < -0.3 is 0 Å². The molecule has 0 bridgehead atoms. The van der Waals surface area contributed by atoms with Crippen LogP contribution in [0.1, 0.15) is 15.9 Å². The summed E-state index contributed by atoms with van der Waals surface area (Å²) in [5, 5.41) is 8.29. The topological polar surface area (TPSA) is 40.9 Å². The molecule has 84 valence electrons. The number of nitrogens with zero attached hydrogens (tertiary/aromatic N) is 1. The van der Waals surface area contributed by atoms with E-state index >= 15 is 0 Å². The minimum Gasteiger partial charge on any atom is -0.284 e. The van der Waals surface area contributed by atoms with Crippen LogP contribution in [0, 0.1) is 23.0 Å². The van der Waals surface area contributed by atoms with Crippen molar-refractivity contribution >= 4 is 5.78 Å². The fourth-order valence-electron chi connectivity index (χ4n) is 0.983. The summed E-state index contributed by atoms with van der Waals surface area (Å²) < 4.78 is 61.7. The molecule has 0 spiro atoms. The molecule has 0 unspecified atom stereocenters. The Kier molecular flexibility index (Phi) is 2.94. The van der Waals surface area contributed by atoms with Gasteiger partial charge >= 0.3 is 6.18 Å². The Bertz CT molecular complexity index is 486. The van der Waals surface area contributed by atoms with Gasteiger partial charge in [-0.2, -0.15) is 18.4 Å². The van der Waals surface area contributed by atoms with E-state index in [2.05, 4.69) is 0 Å². The van der Waals surface area contributed by atoms with Gasteiger partial charge in [0.25, 0.3) is 5.78 Å². The maximum absolute atomic E-state index is 13.1. The number of halogens is 5. The van der Waals surface area contributed by atoms with Gasteiger partial charge in [0.2, 0.25) is 0 Å². The number of hydrogen-bond donors (Lipinski definition) is 0. The first kappa shape index (κ1) is 12.1. The zero-order valence-corrected chi connectivity index (χ0v) is 7.40. The summed E-state index contributed by atoms with van der Waals surface area (Å²) in [6.45, 7) is 0. The third-order valence-electron chi connectivity index (χ3n) is 1.71. The molecule has 0 N–H and O–H groups in total. The Labute approximate surface area is 85.9 Å². The molecule has 0 aliphatic rings. The van der Waals surface area contributed by atoms with Gasteiger partial charge in [0.15, 0.2) is 5.82 Å². The van der Waals surface area contributed by atoms with Crippen LogP contribution in [0.25, 0.3) is 0 Å². The fourth-order valence-corrected chi connectivity index (χ4v) is 0.983. The molecule has 7 heteroatoms. The Morgan fingerprint density at radius 2 is 1.81 bits per heavy atom. The normalized spacial score (nSPS) is 11.0. The van der Waals surface area contributed by atoms with E-state index in [4.69, 9.17) is 5.26 Å². The van der Waals surface area contributed by atoms with Gasteiger partial charge in [-0.05, 0) is 12.1 Å². The molecular weight excluding hydrogens is 233 g/mol. The van der Waals surface area contributed by atoms with E-state index in [0.717, 1.165) is 6.07 Å². The standard InChI is InChI=1S/C9H2F5NO/c10-6-2-1-4(7(11)5(6)3-15)8(16)9(12,13)14/h1-2H. The van der Waals surface area contributed by atoms with Crippen molar-refractivity contribution < 1.29 is 26.7 Å². The summed E-state index contributed by atoms with van der Waals surface area (Å²) in [5.41, 5.74) is -2.58. The van der Waals surface area contributed by atoms with Crippen LogP contribution in [-0.2, 0) is 0 Å². The number of benzene rings is 1. The van der Waals surface area contributed by atoms with Gasteiger partial charge in [0, 0.05) is 0 Å². The number of ketones is 1. The molecule has 0 aliphatic heterocycles. The zero-order valence-electron chi connectivity index (χ0n) is 7.40. The highest BCUT2D eigenvalue weighted by Crippen LogP contribution is 2.25. The zero-order chi connectivity index (χ0) is 12.5. The SMILES string of the molecule is N#Cc1c(F)ccc(C(=O)C(F)(F)F)c1F. The Morgan fingerprint density at radius 3 is 2.25 bits per heavy atom. The summed E-state index contributed by atoms with van der Waals surface area (Å²) in [7, 11) is 0. The number of Topliss-reactive ketones (excluding diaryl/α,β-unsaturated/α-hetero) is 1. The molecule has 0 atom stereocenters. The number of carbonyl (C=O) groups is 1. The molecule has 16 heavy (non-hydrogen) atoms. The molecule has 0 saturated heterocycles. The van der Waals surface area contributed by atoms with Crippen molar-refractivity contribution in [3.05, 3.63) is 34.9 Å². The first-order valence-electron chi connectivity index (χ1n) is 3.78. The van der Waals surface area contributed by atoms with E-state index in [0.29, 0.717) is 12.1 Å². The predicted octanol–water partition coefficient (Wildman–Crippen LogP) is 2.58. The Balaban J connectivity index is 3.40. The number of carbonyl (C=O) groups excluding carboxylic acids is 1. The van der Waals surface area contributed by atoms with Crippen molar-refractivity contribution in [1.29, 1.82) is 5.26 Å². The van der Waals surface area contributed by atoms with Crippen LogP contribution in [-0.4, -0.2) is 12.0 Å². The second-order valence-electron chi connectivity index (χ2n) is 2.72. The van der Waals surface area contributed by atoms with Crippen molar-refractivity contribution in [2.75, 3.05) is 0 Å². The molecule has 1 rings (SSSR count). The van der Waals surface area contributed by atoms with E-state index < -0.39 is 34.7 Å². The third-order valence-corrected chi connectivity index (χ3v) is 1.71. The molecular formula is C9H2F5NO. The first-order valence-corrected chi connectivity index (χ1v) is 3.78. The van der Waals surface area contributed by atoms with E-state index in [1.807, 2.05) is 0 Å². The molecule has 0 radical (unpaired) electrons. The van der Waals surface area contributed by atoms with Gasteiger partial charge in [0.1, 0.15) is 17.4 Å². The second-order valence-corrected chi connectivity index (χ2v) is 2.72. The van der Waals surface area contributed by atoms with Crippen molar-refractivity contribution in [3.8, 4) is 6.07 Å². The first-order chi connectivity index (χ1) is 7.29. The monoisotopic (exact) mass is 235 g/mol. The third kappa shape index (κ3) is 2.00. The maximum Gasteiger partial charge on any atom is 0.454 e. The fraction of sp³-hybridized carbons (Fsp3) is 0.111. The summed E-state index contributed by atoms with van der Waals surface area (Å²) in [6, 6.07) is 1.82. The van der Waals surface area contributed by atoms with Crippen LogP contribution >= 0.6 is 0 Å². The van der Waals surface area contributed by atoms with Gasteiger partial charge in [-0.3, -0.25) is 4.79 Å². The van der Waals surface area contributed by atoms with Crippen LogP contribution in [0.4, 0.5) is 22.0 Å². The van der Waals surface area contributed by atoms with Crippen molar-refractivity contribution in [2.24, 2.45) is 0 Å². The molecule has 0 heterocycles. The summed E-state index contributed by atoms with van der Waals surface area (Å²) in [6.07, 6.45) is -5.27. The van der Waals surface area contributed by atoms with Gasteiger partial charge in [-0.15, -0.1) is 0 Å². The highest BCUT2D eigenvalue weighted by Gasteiger charge is 2.41. The smallest absolute Gasteiger partial charge is 0.284 e. The molecule has 0 fully saturated rings. The average molecular weight is 235 g/mol. The van der Waals surface area contributed by atoms with E-state index in [9.17, 15) is 26.7 Å². The van der Waals surface area contributed by atoms with Crippen molar-refractivity contribution in [1.82, 2.24) is 0 Å². The van der Waals surface area contributed by atoms with E-state index in [1.54, 1.807) is 0 Å². The van der Waals surface area contributed by atoms with Crippen molar-refractivity contribution in [3.63, 3.8) is 0 Å².